The van der Waals surface area contributed by atoms with E-state index in [1.807, 2.05) is 6.08 Å². The normalized spacial score (nSPS) is 16.6. The van der Waals surface area contributed by atoms with Crippen molar-refractivity contribution in [1.82, 2.24) is 10.2 Å². The molecule has 1 heterocycles. The number of nitrogens with zero attached hydrogens (tertiary/aromatic N) is 1. The predicted octanol–water partition coefficient (Wildman–Crippen LogP) is 4.41. The first-order valence-corrected chi connectivity index (χ1v) is 8.55. The molecule has 1 atom stereocenters. The molecule has 0 radical (unpaired) electrons. The maximum Gasteiger partial charge on any atom is 0.573 e. The summed E-state index contributed by atoms with van der Waals surface area (Å²) in [5.74, 6) is -0.298. The first kappa shape index (κ1) is 22.6. The van der Waals surface area contributed by atoms with Gasteiger partial charge in [-0.25, -0.2) is 0 Å². The molecule has 2 N–H and O–H groups in total. The van der Waals surface area contributed by atoms with E-state index in [9.17, 15) is 18.3 Å². The largest absolute Gasteiger partial charge is 0.573 e. The number of phenolic OH excluding ortho intramolecular Hbond substituents is 1. The van der Waals surface area contributed by atoms with Crippen molar-refractivity contribution in [2.75, 3.05) is 26.2 Å². The second kappa shape index (κ2) is 10.6. The minimum atomic E-state index is -4.75. The van der Waals surface area contributed by atoms with E-state index < -0.39 is 6.36 Å². The third-order valence-corrected chi connectivity index (χ3v) is 4.32. The Hall–Kier alpha value is -1.44. The van der Waals surface area contributed by atoms with Crippen LogP contribution in [0, 0.1) is 0 Å². The highest BCUT2D eigenvalue weighted by Gasteiger charge is 2.32. The number of aromatic hydroxyl groups is 1. The van der Waals surface area contributed by atoms with Crippen LogP contribution in [0.3, 0.4) is 0 Å². The molecule has 0 saturated carbocycles. The molecular formula is C18H26ClF3N2O2. The third kappa shape index (κ3) is 7.05. The van der Waals surface area contributed by atoms with Gasteiger partial charge in [0.2, 0.25) is 0 Å². The molecule has 4 nitrogen and oxygen atoms in total. The zero-order valence-electron chi connectivity index (χ0n) is 14.6. The number of phenols is 1. The second-order valence-corrected chi connectivity index (χ2v) is 6.14. The van der Waals surface area contributed by atoms with Gasteiger partial charge >= 0.3 is 6.36 Å². The Morgan fingerprint density at radius 2 is 1.96 bits per heavy atom. The molecule has 2 rings (SSSR count). The van der Waals surface area contributed by atoms with E-state index in [-0.39, 0.29) is 29.9 Å². The lowest BCUT2D eigenvalue weighted by molar-refractivity contribution is -0.274. The van der Waals surface area contributed by atoms with Crippen LogP contribution in [0.5, 0.6) is 11.5 Å². The summed E-state index contributed by atoms with van der Waals surface area (Å²) in [7, 11) is 0. The summed E-state index contributed by atoms with van der Waals surface area (Å²) in [6.07, 6.45) is 0.641. The number of allylic oxidation sites excluding steroid dienone is 1. The Balaban J connectivity index is 0.00000338. The quantitative estimate of drug-likeness (QED) is 0.506. The van der Waals surface area contributed by atoms with Gasteiger partial charge in [0.1, 0.15) is 11.5 Å². The molecule has 1 saturated heterocycles. The number of alkyl halides is 3. The molecule has 0 bridgehead atoms. The van der Waals surface area contributed by atoms with E-state index in [1.165, 1.54) is 12.1 Å². The van der Waals surface area contributed by atoms with Crippen LogP contribution < -0.4 is 10.1 Å². The van der Waals surface area contributed by atoms with Gasteiger partial charge in [-0.05, 0) is 37.5 Å². The lowest BCUT2D eigenvalue weighted by Gasteiger charge is -2.35. The number of hydrogen-bond acceptors (Lipinski definition) is 4. The first-order valence-electron chi connectivity index (χ1n) is 8.55. The molecule has 1 fully saturated rings. The molecule has 0 aromatic heterocycles. The summed E-state index contributed by atoms with van der Waals surface area (Å²) in [4.78, 5) is 2.21. The number of piperazine rings is 1. The first-order chi connectivity index (χ1) is 11.9. The van der Waals surface area contributed by atoms with Crippen LogP contribution in [0.15, 0.2) is 30.9 Å². The molecule has 0 aliphatic carbocycles. The SMILES string of the molecule is C=CCCCC[C@@H](c1cc(OC(F)(F)F)ccc1O)N1CCNCC1.Cl. The van der Waals surface area contributed by atoms with Gasteiger partial charge < -0.3 is 15.2 Å². The maximum atomic E-state index is 12.5. The number of halogens is 4. The van der Waals surface area contributed by atoms with Crippen molar-refractivity contribution in [2.45, 2.75) is 38.1 Å². The fraction of sp³-hybridized carbons (Fsp3) is 0.556. The Morgan fingerprint density at radius 1 is 1.27 bits per heavy atom. The predicted molar refractivity (Wildman–Crippen MR) is 97.9 cm³/mol. The fourth-order valence-electron chi connectivity index (χ4n) is 3.15. The lowest BCUT2D eigenvalue weighted by Crippen LogP contribution is -2.45. The standard InChI is InChI=1S/C18H25F3N2O2.ClH/c1-2-3-4-5-6-16(23-11-9-22-10-12-23)15-13-14(7-8-17(15)24)25-18(19,20)21;/h2,7-8,13,16,22,24H,1,3-6,9-12H2;1H/t16-;/m0./s1. The van der Waals surface area contributed by atoms with E-state index in [0.717, 1.165) is 57.9 Å². The monoisotopic (exact) mass is 394 g/mol. The summed E-state index contributed by atoms with van der Waals surface area (Å²) >= 11 is 0. The minimum absolute atomic E-state index is 0. The number of benzene rings is 1. The Labute approximate surface area is 158 Å². The van der Waals surface area contributed by atoms with Crippen LogP contribution in [0.25, 0.3) is 0 Å². The van der Waals surface area contributed by atoms with Crippen LogP contribution >= 0.6 is 12.4 Å². The summed E-state index contributed by atoms with van der Waals surface area (Å²) in [6.45, 7) is 6.92. The van der Waals surface area contributed by atoms with Crippen molar-refractivity contribution in [1.29, 1.82) is 0 Å². The molecule has 0 spiro atoms. The van der Waals surface area contributed by atoms with Crippen molar-refractivity contribution in [3.8, 4) is 11.5 Å². The second-order valence-electron chi connectivity index (χ2n) is 6.14. The van der Waals surface area contributed by atoms with Crippen molar-refractivity contribution in [3.05, 3.63) is 36.4 Å². The van der Waals surface area contributed by atoms with Crippen molar-refractivity contribution in [3.63, 3.8) is 0 Å². The van der Waals surface area contributed by atoms with Crippen LogP contribution in [0.1, 0.15) is 37.3 Å². The molecule has 8 heteroatoms. The number of ether oxygens (including phenoxy) is 1. The number of nitrogens with one attached hydrogen (secondary N) is 1. The summed E-state index contributed by atoms with van der Waals surface area (Å²) in [5.41, 5.74) is 0.488. The molecule has 148 valence electrons. The van der Waals surface area contributed by atoms with E-state index in [2.05, 4.69) is 21.5 Å². The third-order valence-electron chi connectivity index (χ3n) is 4.32. The average molecular weight is 395 g/mol. The smallest absolute Gasteiger partial charge is 0.508 e. The zero-order chi connectivity index (χ0) is 18.3. The van der Waals surface area contributed by atoms with Crippen LogP contribution in [-0.4, -0.2) is 42.5 Å². The zero-order valence-corrected chi connectivity index (χ0v) is 15.4. The molecule has 1 aromatic rings. The van der Waals surface area contributed by atoms with E-state index >= 15 is 0 Å². The van der Waals surface area contributed by atoms with Crippen molar-refractivity contribution < 1.29 is 23.0 Å². The van der Waals surface area contributed by atoms with Crippen molar-refractivity contribution in [2.24, 2.45) is 0 Å². The summed E-state index contributed by atoms with van der Waals surface area (Å²) in [5, 5.41) is 13.5. The molecule has 0 unspecified atom stereocenters. The molecule has 1 aromatic carbocycles. The highest BCUT2D eigenvalue weighted by molar-refractivity contribution is 5.85. The Bertz CT molecular complexity index is 564. The molecule has 1 aliphatic rings. The fourth-order valence-corrected chi connectivity index (χ4v) is 3.15. The van der Waals surface area contributed by atoms with E-state index in [4.69, 9.17) is 0 Å². The molecule has 26 heavy (non-hydrogen) atoms. The van der Waals surface area contributed by atoms with Crippen molar-refractivity contribution >= 4 is 12.4 Å². The van der Waals surface area contributed by atoms with Gasteiger partial charge in [0.05, 0.1) is 0 Å². The average Bonchev–Trinajstić information content (AvgIpc) is 2.57. The Kier molecular flexibility index (Phi) is 9.25. The van der Waals surface area contributed by atoms with Gasteiger partial charge in [0.15, 0.2) is 0 Å². The minimum Gasteiger partial charge on any atom is -0.508 e. The number of unbranched alkanes of at least 4 members (excludes halogenated alkanes) is 2. The van der Waals surface area contributed by atoms with Gasteiger partial charge in [-0.2, -0.15) is 0 Å². The van der Waals surface area contributed by atoms with E-state index in [1.54, 1.807) is 0 Å². The maximum absolute atomic E-state index is 12.5. The van der Waals surface area contributed by atoms with Gasteiger partial charge in [0.25, 0.3) is 0 Å². The van der Waals surface area contributed by atoms with Crippen LogP contribution in [0.4, 0.5) is 13.2 Å². The lowest BCUT2D eigenvalue weighted by atomic mass is 9.97. The molecule has 0 amide bonds. The highest BCUT2D eigenvalue weighted by Crippen LogP contribution is 2.36. The summed E-state index contributed by atoms with van der Waals surface area (Å²) in [6, 6.07) is 3.58. The molecular weight excluding hydrogens is 369 g/mol. The van der Waals surface area contributed by atoms with Gasteiger partial charge in [-0.3, -0.25) is 4.90 Å². The van der Waals surface area contributed by atoms with Crippen LogP contribution in [0.2, 0.25) is 0 Å². The van der Waals surface area contributed by atoms with E-state index in [0.29, 0.717) is 5.56 Å². The van der Waals surface area contributed by atoms with Gasteiger partial charge in [-0.1, -0.05) is 12.5 Å². The number of rotatable bonds is 8. The van der Waals surface area contributed by atoms with Gasteiger partial charge in [0, 0.05) is 37.8 Å². The Morgan fingerprint density at radius 3 is 2.58 bits per heavy atom. The van der Waals surface area contributed by atoms with Gasteiger partial charge in [-0.15, -0.1) is 32.2 Å². The van der Waals surface area contributed by atoms with Crippen LogP contribution in [-0.2, 0) is 0 Å². The molecule has 1 aliphatic heterocycles. The summed E-state index contributed by atoms with van der Waals surface area (Å²) < 4.78 is 41.5. The number of hydrogen-bond donors (Lipinski definition) is 2. The topological polar surface area (TPSA) is 44.7 Å². The highest BCUT2D eigenvalue weighted by atomic mass is 35.5.